The maximum Gasteiger partial charge on any atom is 0.254 e. The van der Waals surface area contributed by atoms with Gasteiger partial charge < -0.3 is 14.8 Å². The number of anilines is 1. The Balaban J connectivity index is 1.42. The van der Waals surface area contributed by atoms with Crippen LogP contribution in [0.4, 0.5) is 5.69 Å². The summed E-state index contributed by atoms with van der Waals surface area (Å²) < 4.78 is 1.89. The predicted molar refractivity (Wildman–Crippen MR) is 135 cm³/mol. The molecule has 1 N–H and O–H groups in total. The summed E-state index contributed by atoms with van der Waals surface area (Å²) in [6.45, 7) is 4.87. The van der Waals surface area contributed by atoms with Gasteiger partial charge in [-0.2, -0.15) is 0 Å². The molecular weight excluding hydrogens is 470 g/mol. The maximum atomic E-state index is 13.1. The molecule has 0 spiro atoms. The molecule has 2 amide bonds. The fraction of sp³-hybridized carbons (Fsp3) is 0.360. The zero-order chi connectivity index (χ0) is 24.2. The summed E-state index contributed by atoms with van der Waals surface area (Å²) in [5, 5.41) is 12.9. The lowest BCUT2D eigenvalue weighted by atomic mass is 10.0. The van der Waals surface area contributed by atoms with E-state index in [2.05, 4.69) is 29.4 Å². The van der Waals surface area contributed by atoms with Gasteiger partial charge in [-0.05, 0) is 54.7 Å². The minimum atomic E-state index is -0.151. The van der Waals surface area contributed by atoms with Gasteiger partial charge in [-0.15, -0.1) is 10.2 Å². The smallest absolute Gasteiger partial charge is 0.254 e. The average Bonchev–Trinajstić information content (AvgIpc) is 3.44. The van der Waals surface area contributed by atoms with Gasteiger partial charge in [0.2, 0.25) is 5.91 Å². The molecule has 1 aromatic heterocycles. The number of nitrogens with one attached hydrogen (secondary N) is 1. The summed E-state index contributed by atoms with van der Waals surface area (Å²) in [6, 6.07) is 14.6. The van der Waals surface area contributed by atoms with Gasteiger partial charge in [-0.1, -0.05) is 55.4 Å². The number of halogens is 1. The summed E-state index contributed by atoms with van der Waals surface area (Å²) in [4.78, 5) is 27.5. The normalized spacial score (nSPS) is 15.7. The van der Waals surface area contributed by atoms with Gasteiger partial charge in [0, 0.05) is 29.9 Å². The van der Waals surface area contributed by atoms with Crippen LogP contribution in [0.15, 0.2) is 53.7 Å². The Morgan fingerprint density at radius 1 is 1.15 bits per heavy atom. The van der Waals surface area contributed by atoms with Crippen LogP contribution in [0.25, 0.3) is 0 Å². The number of carbonyl (C=O) groups excluding carboxylic acids is 2. The first-order valence-corrected chi connectivity index (χ1v) is 12.7. The Labute approximate surface area is 208 Å². The zero-order valence-electron chi connectivity index (χ0n) is 19.5. The number of carbonyl (C=O) groups is 2. The third-order valence-corrected chi connectivity index (χ3v) is 7.23. The van der Waals surface area contributed by atoms with Crippen molar-refractivity contribution in [3.63, 3.8) is 0 Å². The van der Waals surface area contributed by atoms with Gasteiger partial charge >= 0.3 is 0 Å². The number of amides is 2. The molecule has 1 atom stereocenters. The molecule has 0 bridgehead atoms. The second kappa shape index (κ2) is 10.6. The monoisotopic (exact) mass is 497 g/mol. The van der Waals surface area contributed by atoms with Crippen LogP contribution in [0.3, 0.4) is 0 Å². The average molecular weight is 498 g/mol. The van der Waals surface area contributed by atoms with Gasteiger partial charge in [0.1, 0.15) is 0 Å². The standard InChI is InChI=1S/C25H28ClN5O2S/c1-16(2)19-7-4-5-8-20(19)27-22(32)15-34-25-29-28-23(30(25)3)21-9-6-14-31(21)24(33)17-10-12-18(26)13-11-17/h4-5,7-8,10-13,16,21H,6,9,14-15H2,1-3H3,(H,27,32). The Morgan fingerprint density at radius 3 is 2.62 bits per heavy atom. The summed E-state index contributed by atoms with van der Waals surface area (Å²) in [6.07, 6.45) is 1.72. The molecular formula is C25H28ClN5O2S. The molecule has 0 aliphatic carbocycles. The third-order valence-electron chi connectivity index (χ3n) is 5.96. The fourth-order valence-corrected chi connectivity index (χ4v) is 5.05. The van der Waals surface area contributed by atoms with E-state index in [9.17, 15) is 9.59 Å². The zero-order valence-corrected chi connectivity index (χ0v) is 21.1. The van der Waals surface area contributed by atoms with E-state index >= 15 is 0 Å². The molecule has 34 heavy (non-hydrogen) atoms. The quantitative estimate of drug-likeness (QED) is 0.448. The van der Waals surface area contributed by atoms with Crippen molar-refractivity contribution in [3.8, 4) is 0 Å². The highest BCUT2D eigenvalue weighted by Crippen LogP contribution is 2.33. The van der Waals surface area contributed by atoms with Crippen molar-refractivity contribution in [3.05, 3.63) is 70.5 Å². The first-order chi connectivity index (χ1) is 16.3. The first-order valence-electron chi connectivity index (χ1n) is 11.3. The van der Waals surface area contributed by atoms with Crippen LogP contribution in [0, 0.1) is 0 Å². The van der Waals surface area contributed by atoms with E-state index in [1.165, 1.54) is 11.8 Å². The molecule has 0 radical (unpaired) electrons. The highest BCUT2D eigenvalue weighted by molar-refractivity contribution is 7.99. The molecule has 4 rings (SSSR count). The summed E-state index contributed by atoms with van der Waals surface area (Å²) in [7, 11) is 1.88. The van der Waals surface area contributed by atoms with Crippen LogP contribution in [0.5, 0.6) is 0 Å². The van der Waals surface area contributed by atoms with E-state index < -0.39 is 0 Å². The Kier molecular flexibility index (Phi) is 7.58. The Morgan fingerprint density at radius 2 is 1.88 bits per heavy atom. The number of likely N-dealkylation sites (tertiary alicyclic amines) is 1. The van der Waals surface area contributed by atoms with Crippen LogP contribution < -0.4 is 5.32 Å². The highest BCUT2D eigenvalue weighted by Gasteiger charge is 2.34. The summed E-state index contributed by atoms with van der Waals surface area (Å²) >= 11 is 7.30. The topological polar surface area (TPSA) is 80.1 Å². The molecule has 1 aliphatic heterocycles. The molecule has 2 heterocycles. The first kappa shape index (κ1) is 24.3. The van der Waals surface area contributed by atoms with Gasteiger partial charge in [0.25, 0.3) is 5.91 Å². The molecule has 9 heteroatoms. The van der Waals surface area contributed by atoms with Gasteiger partial charge in [0.15, 0.2) is 11.0 Å². The van der Waals surface area contributed by atoms with Gasteiger partial charge in [-0.3, -0.25) is 9.59 Å². The van der Waals surface area contributed by atoms with E-state index in [0.717, 1.165) is 29.9 Å². The van der Waals surface area contributed by atoms with Crippen LogP contribution >= 0.6 is 23.4 Å². The molecule has 3 aromatic rings. The van der Waals surface area contributed by atoms with Crippen molar-refractivity contribution in [1.82, 2.24) is 19.7 Å². The van der Waals surface area contributed by atoms with Crippen molar-refractivity contribution >= 4 is 40.9 Å². The van der Waals surface area contributed by atoms with Gasteiger partial charge in [-0.25, -0.2) is 0 Å². The van der Waals surface area contributed by atoms with Crippen molar-refractivity contribution in [2.75, 3.05) is 17.6 Å². The van der Waals surface area contributed by atoms with Crippen molar-refractivity contribution in [2.24, 2.45) is 7.05 Å². The molecule has 0 saturated carbocycles. The maximum absolute atomic E-state index is 13.1. The molecule has 1 fully saturated rings. The van der Waals surface area contributed by atoms with Crippen molar-refractivity contribution in [1.29, 1.82) is 0 Å². The van der Waals surface area contributed by atoms with E-state index in [0.29, 0.717) is 28.2 Å². The summed E-state index contributed by atoms with van der Waals surface area (Å²) in [5.74, 6) is 1.13. The molecule has 1 saturated heterocycles. The number of nitrogens with zero attached hydrogens (tertiary/aromatic N) is 4. The molecule has 7 nitrogen and oxygen atoms in total. The number of rotatable bonds is 7. The van der Waals surface area contributed by atoms with Crippen molar-refractivity contribution < 1.29 is 9.59 Å². The second-order valence-corrected chi connectivity index (χ2v) is 10.0. The van der Waals surface area contributed by atoms with Crippen LogP contribution in [0.2, 0.25) is 5.02 Å². The fourth-order valence-electron chi connectivity index (χ4n) is 4.21. The third kappa shape index (κ3) is 5.28. The predicted octanol–water partition coefficient (Wildman–Crippen LogP) is 5.30. The van der Waals surface area contributed by atoms with Gasteiger partial charge in [0.05, 0.1) is 11.8 Å². The number of thioether (sulfide) groups is 1. The lowest BCUT2D eigenvalue weighted by molar-refractivity contribution is -0.113. The highest BCUT2D eigenvalue weighted by atomic mass is 35.5. The number of para-hydroxylation sites is 1. The van der Waals surface area contributed by atoms with Crippen LogP contribution in [0.1, 0.15) is 60.4 Å². The Bertz CT molecular complexity index is 1180. The molecule has 178 valence electrons. The second-order valence-electron chi connectivity index (χ2n) is 8.64. The molecule has 1 unspecified atom stereocenters. The van der Waals surface area contributed by atoms with E-state index in [-0.39, 0.29) is 23.6 Å². The lowest BCUT2D eigenvalue weighted by Crippen LogP contribution is -2.31. The minimum absolute atomic E-state index is 0.0421. The largest absolute Gasteiger partial charge is 0.328 e. The van der Waals surface area contributed by atoms with E-state index in [1.54, 1.807) is 24.3 Å². The van der Waals surface area contributed by atoms with E-state index in [4.69, 9.17) is 11.6 Å². The van der Waals surface area contributed by atoms with Crippen molar-refractivity contribution in [2.45, 2.75) is 43.8 Å². The van der Waals surface area contributed by atoms with E-state index in [1.807, 2.05) is 40.8 Å². The van der Waals surface area contributed by atoms with Crippen LogP contribution in [-0.2, 0) is 11.8 Å². The molecule has 2 aromatic carbocycles. The minimum Gasteiger partial charge on any atom is -0.328 e. The Hall–Kier alpha value is -2.84. The summed E-state index contributed by atoms with van der Waals surface area (Å²) in [5.41, 5.74) is 2.55. The SMILES string of the molecule is CC(C)c1ccccc1NC(=O)CSc1nnc(C2CCCN2C(=O)c2ccc(Cl)cc2)n1C. The van der Waals surface area contributed by atoms with Crippen LogP contribution in [-0.4, -0.2) is 43.8 Å². The number of aromatic nitrogens is 3. The number of hydrogen-bond acceptors (Lipinski definition) is 5. The number of hydrogen-bond donors (Lipinski definition) is 1. The number of benzene rings is 2. The lowest BCUT2D eigenvalue weighted by Gasteiger charge is -2.24. The molecule has 1 aliphatic rings.